The molecule has 2 heterocycles. The lowest BCUT2D eigenvalue weighted by Gasteiger charge is -2.24. The molecule has 0 aliphatic carbocycles. The van der Waals surface area contributed by atoms with Crippen LogP contribution in [-0.2, 0) is 9.53 Å². The number of methoxy groups -OCH3 is 1. The molecular weight excluding hydrogens is 511 g/mol. The lowest BCUT2D eigenvalue weighted by molar-refractivity contribution is -0.119. The van der Waals surface area contributed by atoms with Crippen LogP contribution in [0.2, 0.25) is 5.02 Å². The first kappa shape index (κ1) is 25.4. The number of amides is 3. The van der Waals surface area contributed by atoms with Gasteiger partial charge in [0.1, 0.15) is 11.9 Å². The van der Waals surface area contributed by atoms with Crippen molar-refractivity contribution in [1.82, 2.24) is 9.47 Å². The van der Waals surface area contributed by atoms with Crippen molar-refractivity contribution in [2.75, 3.05) is 24.3 Å². The Morgan fingerprint density at radius 1 is 1.03 bits per heavy atom. The van der Waals surface area contributed by atoms with Crippen LogP contribution in [0.25, 0.3) is 16.5 Å². The molecule has 0 unspecified atom stereocenters. The summed E-state index contributed by atoms with van der Waals surface area (Å²) in [6, 6.07) is 18.3. The van der Waals surface area contributed by atoms with E-state index in [2.05, 4.69) is 10.6 Å². The molecule has 194 valence electrons. The highest BCUT2D eigenvalue weighted by Crippen LogP contribution is 2.25. The third-order valence-corrected chi connectivity index (χ3v) is 6.81. The van der Waals surface area contributed by atoms with Gasteiger partial charge in [-0.2, -0.15) is 0 Å². The average molecular weight is 535 g/mol. The summed E-state index contributed by atoms with van der Waals surface area (Å²) in [7, 11) is 1.51. The summed E-state index contributed by atoms with van der Waals surface area (Å²) in [5.74, 6) is -1.26. The number of hydrogen-bond acceptors (Lipinski definition) is 4. The number of carbonyl (C=O) groups is 2. The molecule has 1 fully saturated rings. The van der Waals surface area contributed by atoms with Gasteiger partial charge in [-0.25, -0.2) is 9.18 Å². The van der Waals surface area contributed by atoms with Gasteiger partial charge >= 0.3 is 6.03 Å². The molecule has 3 amide bonds. The van der Waals surface area contributed by atoms with Crippen LogP contribution in [0, 0.1) is 5.82 Å². The fraction of sp³-hybridized carbons (Fsp3) is 0.179. The van der Waals surface area contributed by atoms with E-state index < -0.39 is 23.8 Å². The van der Waals surface area contributed by atoms with Crippen LogP contribution in [0.3, 0.4) is 0 Å². The smallest absolute Gasteiger partial charge is 0.322 e. The van der Waals surface area contributed by atoms with E-state index in [1.165, 1.54) is 28.7 Å². The van der Waals surface area contributed by atoms with Gasteiger partial charge in [0.05, 0.1) is 17.5 Å². The number of hydrogen-bond donors (Lipinski definition) is 2. The zero-order chi connectivity index (χ0) is 26.8. The highest BCUT2D eigenvalue weighted by atomic mass is 35.5. The summed E-state index contributed by atoms with van der Waals surface area (Å²) in [6.45, 7) is 0.195. The van der Waals surface area contributed by atoms with Crippen LogP contribution in [0.1, 0.15) is 6.42 Å². The van der Waals surface area contributed by atoms with E-state index >= 15 is 4.39 Å². The van der Waals surface area contributed by atoms with Crippen molar-refractivity contribution < 1.29 is 18.7 Å². The van der Waals surface area contributed by atoms with E-state index in [0.717, 1.165) is 5.39 Å². The van der Waals surface area contributed by atoms with Crippen molar-refractivity contribution in [1.29, 1.82) is 0 Å². The number of nitrogens with one attached hydrogen (secondary N) is 2. The summed E-state index contributed by atoms with van der Waals surface area (Å²) in [5, 5.41) is 7.15. The number of fused-ring (bicyclic) bond motifs is 1. The van der Waals surface area contributed by atoms with Gasteiger partial charge in [0.15, 0.2) is 0 Å². The van der Waals surface area contributed by atoms with Crippen LogP contribution in [0.15, 0.2) is 83.8 Å². The van der Waals surface area contributed by atoms with Crippen molar-refractivity contribution in [2.24, 2.45) is 0 Å². The minimum absolute atomic E-state index is 0.0634. The van der Waals surface area contributed by atoms with E-state index in [1.54, 1.807) is 54.7 Å². The Morgan fingerprint density at radius 2 is 1.79 bits per heavy atom. The average Bonchev–Trinajstić information content (AvgIpc) is 3.37. The summed E-state index contributed by atoms with van der Waals surface area (Å²) in [4.78, 5) is 40.4. The molecule has 2 atom stereocenters. The van der Waals surface area contributed by atoms with E-state index in [9.17, 15) is 14.4 Å². The Bertz CT molecular complexity index is 1570. The first-order chi connectivity index (χ1) is 18.3. The first-order valence-corrected chi connectivity index (χ1v) is 12.3. The predicted octanol–water partition coefficient (Wildman–Crippen LogP) is 5.04. The van der Waals surface area contributed by atoms with Crippen molar-refractivity contribution in [2.45, 2.75) is 18.6 Å². The Labute approximate surface area is 222 Å². The highest BCUT2D eigenvalue weighted by molar-refractivity contribution is 6.30. The minimum atomic E-state index is -0.880. The maximum atomic E-state index is 15.1. The number of aromatic nitrogens is 1. The van der Waals surface area contributed by atoms with Gasteiger partial charge in [0, 0.05) is 48.4 Å². The molecule has 8 nitrogen and oxygen atoms in total. The number of nitrogens with zero attached hydrogens (tertiary/aromatic N) is 2. The van der Waals surface area contributed by atoms with Crippen molar-refractivity contribution in [3.05, 3.63) is 100 Å². The number of urea groups is 1. The normalized spacial score (nSPS) is 17.0. The highest BCUT2D eigenvalue weighted by Gasteiger charge is 2.40. The van der Waals surface area contributed by atoms with Crippen molar-refractivity contribution >= 4 is 45.7 Å². The number of benzene rings is 3. The van der Waals surface area contributed by atoms with E-state index in [1.807, 2.05) is 12.1 Å². The number of halogens is 2. The fourth-order valence-corrected chi connectivity index (χ4v) is 4.66. The number of ether oxygens (including phenoxy) is 1. The minimum Gasteiger partial charge on any atom is -0.380 e. The van der Waals surface area contributed by atoms with E-state index in [4.69, 9.17) is 16.3 Å². The third-order valence-electron chi connectivity index (χ3n) is 6.56. The molecule has 3 aromatic carbocycles. The Balaban J connectivity index is 1.34. The van der Waals surface area contributed by atoms with Crippen LogP contribution in [0.5, 0.6) is 0 Å². The lowest BCUT2D eigenvalue weighted by Crippen LogP contribution is -2.45. The Kier molecular flexibility index (Phi) is 7.13. The fourth-order valence-electron chi connectivity index (χ4n) is 4.53. The summed E-state index contributed by atoms with van der Waals surface area (Å²) < 4.78 is 21.8. The molecular formula is C28H24ClFN4O4. The standard InChI is InChI=1S/C28H24ClFN4O4/c1-38-21-15-25(34(16-21)28(37)31-19-8-6-18(29)7-9-19)26(35)32-24-11-10-20(14-23(24)30)33-13-12-17-4-2-3-5-22(17)27(33)36/h2-14,21,25H,15-16H2,1H3,(H,31,37)(H,32,35)/t21-,25-/m1/s1. The Hall–Kier alpha value is -4.21. The lowest BCUT2D eigenvalue weighted by atomic mass is 10.1. The number of pyridine rings is 1. The summed E-state index contributed by atoms with van der Waals surface area (Å²) >= 11 is 5.90. The van der Waals surface area contributed by atoms with E-state index in [-0.39, 0.29) is 30.3 Å². The predicted molar refractivity (Wildman–Crippen MR) is 145 cm³/mol. The number of rotatable bonds is 5. The molecule has 2 N–H and O–H groups in total. The van der Waals surface area contributed by atoms with Gasteiger partial charge in [-0.05, 0) is 53.9 Å². The molecule has 0 radical (unpaired) electrons. The zero-order valence-corrected chi connectivity index (χ0v) is 21.1. The van der Waals surface area contributed by atoms with Gasteiger partial charge in [-0.15, -0.1) is 0 Å². The number of carbonyl (C=O) groups excluding carboxylic acids is 2. The van der Waals surface area contributed by atoms with Crippen LogP contribution < -0.4 is 16.2 Å². The second kappa shape index (κ2) is 10.6. The topological polar surface area (TPSA) is 92.7 Å². The van der Waals surface area contributed by atoms with Gasteiger partial charge in [0.25, 0.3) is 5.56 Å². The third kappa shape index (κ3) is 5.11. The molecule has 0 bridgehead atoms. The van der Waals surface area contributed by atoms with E-state index in [0.29, 0.717) is 21.8 Å². The molecule has 1 aliphatic rings. The van der Waals surface area contributed by atoms with Gasteiger partial charge in [-0.1, -0.05) is 29.8 Å². The second-order valence-electron chi connectivity index (χ2n) is 8.93. The number of likely N-dealkylation sites (tertiary alicyclic amines) is 1. The molecule has 4 aromatic rings. The molecule has 0 saturated carbocycles. The molecule has 0 spiro atoms. The zero-order valence-electron chi connectivity index (χ0n) is 20.4. The molecule has 10 heteroatoms. The molecule has 1 aliphatic heterocycles. The first-order valence-electron chi connectivity index (χ1n) is 11.9. The molecule has 5 rings (SSSR count). The van der Waals surface area contributed by atoms with Crippen LogP contribution >= 0.6 is 11.6 Å². The molecule has 1 saturated heterocycles. The SMILES string of the molecule is CO[C@@H]1C[C@H](C(=O)Nc2ccc(-n3ccc4ccccc4c3=O)cc2F)N(C(=O)Nc2ccc(Cl)cc2)C1. The quantitative estimate of drug-likeness (QED) is 0.375. The maximum absolute atomic E-state index is 15.1. The second-order valence-corrected chi connectivity index (χ2v) is 9.37. The van der Waals surface area contributed by atoms with Gasteiger partial charge < -0.3 is 20.3 Å². The summed E-state index contributed by atoms with van der Waals surface area (Å²) in [5.41, 5.74) is 0.496. The van der Waals surface area contributed by atoms with Gasteiger partial charge in [-0.3, -0.25) is 14.2 Å². The molecule has 38 heavy (non-hydrogen) atoms. The Morgan fingerprint density at radius 3 is 2.53 bits per heavy atom. The monoisotopic (exact) mass is 534 g/mol. The largest absolute Gasteiger partial charge is 0.380 e. The van der Waals surface area contributed by atoms with Crippen LogP contribution in [0.4, 0.5) is 20.6 Å². The summed E-state index contributed by atoms with van der Waals surface area (Å²) in [6.07, 6.45) is 1.48. The van der Waals surface area contributed by atoms with Crippen molar-refractivity contribution in [3.8, 4) is 5.69 Å². The van der Waals surface area contributed by atoms with Crippen molar-refractivity contribution in [3.63, 3.8) is 0 Å². The van der Waals surface area contributed by atoms with Gasteiger partial charge in [0.2, 0.25) is 5.91 Å². The van der Waals surface area contributed by atoms with Crippen LogP contribution in [-0.4, -0.2) is 47.2 Å². The molecule has 1 aromatic heterocycles. The maximum Gasteiger partial charge on any atom is 0.322 e. The number of anilines is 2.